The van der Waals surface area contributed by atoms with Crippen LogP contribution in [0.5, 0.6) is 5.75 Å². The Kier molecular flexibility index (Phi) is 4.65. The number of methoxy groups -OCH3 is 1. The molecule has 0 aliphatic carbocycles. The Hall–Kier alpha value is -2.87. The average Bonchev–Trinajstić information content (AvgIpc) is 3.02. The van der Waals surface area contributed by atoms with E-state index in [1.54, 1.807) is 25.3 Å². The van der Waals surface area contributed by atoms with Crippen LogP contribution in [0.3, 0.4) is 0 Å². The molecule has 0 radical (unpaired) electrons. The third kappa shape index (κ3) is 3.86. The molecule has 0 aliphatic heterocycles. The maximum atomic E-state index is 12.0. The maximum absolute atomic E-state index is 12.0. The molecule has 23 heavy (non-hydrogen) atoms. The number of amides is 1. The molecule has 8 nitrogen and oxygen atoms in total. The SMILES string of the molecule is COc1cccc(-c2cc(C(=O)NCC(C)(O)C(=O)O)[nH]n2)c1. The number of ether oxygens (including phenoxy) is 1. The van der Waals surface area contributed by atoms with Gasteiger partial charge in [0.25, 0.3) is 5.91 Å². The van der Waals surface area contributed by atoms with Crippen molar-refractivity contribution in [2.24, 2.45) is 0 Å². The van der Waals surface area contributed by atoms with Gasteiger partial charge in [0, 0.05) is 5.56 Å². The van der Waals surface area contributed by atoms with Crippen molar-refractivity contribution in [2.75, 3.05) is 13.7 Å². The minimum atomic E-state index is -2.04. The van der Waals surface area contributed by atoms with E-state index in [1.807, 2.05) is 6.07 Å². The van der Waals surface area contributed by atoms with Gasteiger partial charge in [0.15, 0.2) is 5.60 Å². The normalized spacial score (nSPS) is 13.2. The zero-order valence-electron chi connectivity index (χ0n) is 12.7. The smallest absolute Gasteiger partial charge is 0.337 e. The summed E-state index contributed by atoms with van der Waals surface area (Å²) in [5.74, 6) is -1.32. The molecule has 2 aromatic rings. The predicted molar refractivity (Wildman–Crippen MR) is 81.2 cm³/mol. The molecule has 1 heterocycles. The number of H-pyrrole nitrogens is 1. The van der Waals surface area contributed by atoms with Crippen LogP contribution in [-0.4, -0.2) is 51.5 Å². The van der Waals surface area contributed by atoms with E-state index in [0.29, 0.717) is 11.4 Å². The zero-order valence-corrected chi connectivity index (χ0v) is 12.7. The number of benzene rings is 1. The molecule has 0 fully saturated rings. The van der Waals surface area contributed by atoms with Crippen LogP contribution in [-0.2, 0) is 4.79 Å². The molecule has 8 heteroatoms. The van der Waals surface area contributed by atoms with E-state index in [9.17, 15) is 14.7 Å². The van der Waals surface area contributed by atoms with E-state index in [-0.39, 0.29) is 5.69 Å². The van der Waals surface area contributed by atoms with Crippen molar-refractivity contribution in [3.8, 4) is 17.0 Å². The Balaban J connectivity index is 2.09. The average molecular weight is 319 g/mol. The number of aliphatic carboxylic acids is 1. The summed E-state index contributed by atoms with van der Waals surface area (Å²) < 4.78 is 5.13. The first-order chi connectivity index (χ1) is 10.8. The lowest BCUT2D eigenvalue weighted by Gasteiger charge is -2.17. The number of carboxylic acid groups (broad SMARTS) is 1. The third-order valence-corrected chi connectivity index (χ3v) is 3.24. The summed E-state index contributed by atoms with van der Waals surface area (Å²) in [6.07, 6.45) is 0. The van der Waals surface area contributed by atoms with Gasteiger partial charge in [0.1, 0.15) is 11.4 Å². The topological polar surface area (TPSA) is 125 Å². The highest BCUT2D eigenvalue weighted by Gasteiger charge is 2.30. The monoisotopic (exact) mass is 319 g/mol. The second-order valence-electron chi connectivity index (χ2n) is 5.16. The van der Waals surface area contributed by atoms with E-state index >= 15 is 0 Å². The molecule has 1 aromatic heterocycles. The van der Waals surface area contributed by atoms with Crippen molar-refractivity contribution in [3.05, 3.63) is 36.0 Å². The molecule has 1 atom stereocenters. The number of hydrogen-bond acceptors (Lipinski definition) is 5. The fraction of sp³-hybridized carbons (Fsp3) is 0.267. The molecule has 0 bridgehead atoms. The number of rotatable bonds is 6. The summed E-state index contributed by atoms with van der Waals surface area (Å²) in [7, 11) is 1.55. The first-order valence-corrected chi connectivity index (χ1v) is 6.77. The minimum Gasteiger partial charge on any atom is -0.497 e. The summed E-state index contributed by atoms with van der Waals surface area (Å²) >= 11 is 0. The number of aliphatic hydroxyl groups is 1. The van der Waals surface area contributed by atoms with Crippen LogP contribution in [0.25, 0.3) is 11.3 Å². The summed E-state index contributed by atoms with van der Waals surface area (Å²) in [6.45, 7) is 0.679. The second kappa shape index (κ2) is 6.49. The van der Waals surface area contributed by atoms with E-state index in [1.165, 1.54) is 6.07 Å². The van der Waals surface area contributed by atoms with E-state index in [2.05, 4.69) is 15.5 Å². The maximum Gasteiger partial charge on any atom is 0.337 e. The van der Waals surface area contributed by atoms with Crippen molar-refractivity contribution in [1.82, 2.24) is 15.5 Å². The van der Waals surface area contributed by atoms with Crippen molar-refractivity contribution >= 4 is 11.9 Å². The molecular weight excluding hydrogens is 302 g/mol. The summed E-state index contributed by atoms with van der Waals surface area (Å²) in [5.41, 5.74) is -0.578. The first-order valence-electron chi connectivity index (χ1n) is 6.77. The molecule has 0 aliphatic rings. The Morgan fingerprint density at radius 1 is 1.39 bits per heavy atom. The lowest BCUT2D eigenvalue weighted by Crippen LogP contribution is -2.46. The van der Waals surface area contributed by atoms with E-state index < -0.39 is 24.0 Å². The number of carbonyl (C=O) groups excluding carboxylic acids is 1. The van der Waals surface area contributed by atoms with Crippen LogP contribution in [0.1, 0.15) is 17.4 Å². The van der Waals surface area contributed by atoms with Gasteiger partial charge in [-0.05, 0) is 25.1 Å². The van der Waals surface area contributed by atoms with Crippen molar-refractivity contribution in [2.45, 2.75) is 12.5 Å². The van der Waals surface area contributed by atoms with Crippen LogP contribution in [0.2, 0.25) is 0 Å². The Bertz CT molecular complexity index is 723. The Morgan fingerprint density at radius 3 is 2.78 bits per heavy atom. The van der Waals surface area contributed by atoms with Gasteiger partial charge in [-0.15, -0.1) is 0 Å². The molecule has 1 aromatic carbocycles. The first kappa shape index (κ1) is 16.5. The van der Waals surface area contributed by atoms with Crippen LogP contribution < -0.4 is 10.1 Å². The molecule has 122 valence electrons. The second-order valence-corrected chi connectivity index (χ2v) is 5.16. The van der Waals surface area contributed by atoms with Gasteiger partial charge in [-0.3, -0.25) is 9.89 Å². The predicted octanol–water partition coefficient (Wildman–Crippen LogP) is 0.651. The number of aromatic amines is 1. The van der Waals surface area contributed by atoms with Crippen molar-refractivity contribution < 1.29 is 24.5 Å². The van der Waals surface area contributed by atoms with Gasteiger partial charge in [-0.25, -0.2) is 4.79 Å². The Labute approximate surface area is 132 Å². The quantitative estimate of drug-likeness (QED) is 0.619. The fourth-order valence-corrected chi connectivity index (χ4v) is 1.79. The lowest BCUT2D eigenvalue weighted by molar-refractivity contribution is -0.155. The van der Waals surface area contributed by atoms with Crippen LogP contribution in [0.4, 0.5) is 0 Å². The third-order valence-electron chi connectivity index (χ3n) is 3.24. The number of aromatic nitrogens is 2. The van der Waals surface area contributed by atoms with Gasteiger partial charge in [-0.2, -0.15) is 5.10 Å². The summed E-state index contributed by atoms with van der Waals surface area (Å²) in [6, 6.07) is 8.70. The summed E-state index contributed by atoms with van der Waals surface area (Å²) in [4.78, 5) is 22.8. The highest BCUT2D eigenvalue weighted by molar-refractivity contribution is 5.93. The molecule has 0 saturated carbocycles. The molecular formula is C15H17N3O5. The number of nitrogens with one attached hydrogen (secondary N) is 2. The number of carboxylic acids is 1. The van der Waals surface area contributed by atoms with Gasteiger partial charge in [-0.1, -0.05) is 12.1 Å². The van der Waals surface area contributed by atoms with Crippen LogP contribution in [0.15, 0.2) is 30.3 Å². The number of hydrogen-bond donors (Lipinski definition) is 4. The fourth-order valence-electron chi connectivity index (χ4n) is 1.79. The standard InChI is InChI=1S/C15H17N3O5/c1-15(22,14(20)21)8-16-13(19)12-7-11(17-18-12)9-4-3-5-10(6-9)23-2/h3-7,22H,8H2,1-2H3,(H,16,19)(H,17,18)(H,20,21). The molecule has 2 rings (SSSR count). The van der Waals surface area contributed by atoms with Crippen LogP contribution >= 0.6 is 0 Å². The number of nitrogens with zero attached hydrogens (tertiary/aromatic N) is 1. The van der Waals surface area contributed by atoms with Crippen LogP contribution in [0, 0.1) is 0 Å². The van der Waals surface area contributed by atoms with Gasteiger partial charge in [0.05, 0.1) is 19.3 Å². The molecule has 0 saturated heterocycles. The van der Waals surface area contributed by atoms with Gasteiger partial charge in [0.2, 0.25) is 0 Å². The molecule has 4 N–H and O–H groups in total. The zero-order chi connectivity index (χ0) is 17.0. The minimum absolute atomic E-state index is 0.156. The molecule has 1 unspecified atom stereocenters. The number of carbonyl (C=O) groups is 2. The molecule has 1 amide bonds. The van der Waals surface area contributed by atoms with Gasteiger partial charge < -0.3 is 20.3 Å². The van der Waals surface area contributed by atoms with E-state index in [4.69, 9.17) is 9.84 Å². The van der Waals surface area contributed by atoms with Crippen molar-refractivity contribution in [3.63, 3.8) is 0 Å². The van der Waals surface area contributed by atoms with Crippen molar-refractivity contribution in [1.29, 1.82) is 0 Å². The van der Waals surface area contributed by atoms with Gasteiger partial charge >= 0.3 is 5.97 Å². The Morgan fingerprint density at radius 2 is 2.13 bits per heavy atom. The lowest BCUT2D eigenvalue weighted by atomic mass is 10.1. The molecule has 0 spiro atoms. The highest BCUT2D eigenvalue weighted by atomic mass is 16.5. The summed E-state index contributed by atoms with van der Waals surface area (Å²) in [5, 5.41) is 27.3. The largest absolute Gasteiger partial charge is 0.497 e. The van der Waals surface area contributed by atoms with E-state index in [0.717, 1.165) is 12.5 Å². The highest BCUT2D eigenvalue weighted by Crippen LogP contribution is 2.22.